The van der Waals surface area contributed by atoms with Gasteiger partial charge in [-0.05, 0) is 55.8 Å². The summed E-state index contributed by atoms with van der Waals surface area (Å²) in [6.45, 7) is 6.08. The van der Waals surface area contributed by atoms with E-state index in [4.69, 9.17) is 11.6 Å². The zero-order valence-electron chi connectivity index (χ0n) is 14.7. The fraction of sp³-hybridized carbons (Fsp3) is 0.200. The van der Waals surface area contributed by atoms with Gasteiger partial charge < -0.3 is 10.2 Å². The lowest BCUT2D eigenvalue weighted by Crippen LogP contribution is -2.30. The summed E-state index contributed by atoms with van der Waals surface area (Å²) in [5.41, 5.74) is 2.66. The van der Waals surface area contributed by atoms with Crippen LogP contribution >= 0.6 is 11.6 Å². The van der Waals surface area contributed by atoms with Crippen LogP contribution in [0, 0.1) is 0 Å². The van der Waals surface area contributed by atoms with Crippen LogP contribution in [-0.4, -0.2) is 25.0 Å². The maximum absolute atomic E-state index is 12.6. The Morgan fingerprint density at radius 1 is 1.08 bits per heavy atom. The highest BCUT2D eigenvalue weighted by molar-refractivity contribution is 6.32. The third-order valence-corrected chi connectivity index (χ3v) is 4.51. The third-order valence-electron chi connectivity index (χ3n) is 4.28. The van der Waals surface area contributed by atoms with Crippen LogP contribution in [0.3, 0.4) is 0 Å². The zero-order valence-corrected chi connectivity index (χ0v) is 15.5. The molecule has 0 bridgehead atoms. The molecule has 3 rings (SSSR count). The third kappa shape index (κ3) is 3.58. The molecule has 6 heteroatoms. The van der Waals surface area contributed by atoms with E-state index in [2.05, 4.69) is 24.1 Å². The smallest absolute Gasteiger partial charge is 0.333 e. The Balaban J connectivity index is 1.84. The average molecular weight is 370 g/mol. The molecule has 1 aliphatic heterocycles. The van der Waals surface area contributed by atoms with Crippen molar-refractivity contribution in [2.24, 2.45) is 0 Å². The molecule has 0 atom stereocenters. The first-order valence-corrected chi connectivity index (χ1v) is 8.89. The average Bonchev–Trinajstić information content (AvgIpc) is 2.91. The first-order chi connectivity index (χ1) is 12.5. The summed E-state index contributed by atoms with van der Waals surface area (Å²) in [6, 6.07) is 14.0. The summed E-state index contributed by atoms with van der Waals surface area (Å²) in [6.07, 6.45) is 1.68. The molecule has 0 saturated carbocycles. The molecule has 0 aromatic heterocycles. The van der Waals surface area contributed by atoms with Crippen LogP contribution in [0.25, 0.3) is 6.08 Å². The lowest BCUT2D eigenvalue weighted by atomic mass is 10.1. The fourth-order valence-corrected chi connectivity index (χ4v) is 3.11. The minimum atomic E-state index is -0.483. The second-order valence-electron chi connectivity index (χ2n) is 5.87. The van der Waals surface area contributed by atoms with Crippen molar-refractivity contribution in [1.82, 2.24) is 5.32 Å². The van der Waals surface area contributed by atoms with Gasteiger partial charge in [0.2, 0.25) is 0 Å². The molecule has 3 amide bonds. The van der Waals surface area contributed by atoms with Gasteiger partial charge in [-0.3, -0.25) is 4.79 Å². The summed E-state index contributed by atoms with van der Waals surface area (Å²) in [5, 5.41) is 3.09. The maximum Gasteiger partial charge on any atom is 0.333 e. The number of carbonyl (C=O) groups is 2. The number of hydrogen-bond donors (Lipinski definition) is 1. The Labute approximate surface area is 157 Å². The van der Waals surface area contributed by atoms with E-state index < -0.39 is 11.9 Å². The van der Waals surface area contributed by atoms with Crippen molar-refractivity contribution in [1.29, 1.82) is 0 Å². The van der Waals surface area contributed by atoms with Crippen molar-refractivity contribution in [2.45, 2.75) is 13.8 Å². The highest BCUT2D eigenvalue weighted by Crippen LogP contribution is 2.25. The molecule has 1 saturated heterocycles. The number of hydrogen-bond acceptors (Lipinski definition) is 3. The quantitative estimate of drug-likeness (QED) is 0.632. The summed E-state index contributed by atoms with van der Waals surface area (Å²) in [4.78, 5) is 28.2. The number of benzene rings is 2. The van der Waals surface area contributed by atoms with Gasteiger partial charge in [0.1, 0.15) is 5.70 Å². The number of halogens is 1. The Morgan fingerprint density at radius 2 is 1.77 bits per heavy atom. The molecule has 2 aromatic rings. The number of imide groups is 1. The minimum absolute atomic E-state index is 0.241. The van der Waals surface area contributed by atoms with Crippen LogP contribution < -0.4 is 15.1 Å². The van der Waals surface area contributed by atoms with Gasteiger partial charge in [0.05, 0.1) is 5.69 Å². The minimum Gasteiger partial charge on any atom is -0.372 e. The topological polar surface area (TPSA) is 52.7 Å². The van der Waals surface area contributed by atoms with Crippen molar-refractivity contribution in [3.8, 4) is 0 Å². The summed E-state index contributed by atoms with van der Waals surface area (Å²) in [7, 11) is 0. The zero-order chi connectivity index (χ0) is 18.7. The molecule has 1 fully saturated rings. The molecule has 0 radical (unpaired) electrons. The molecule has 0 unspecified atom stereocenters. The van der Waals surface area contributed by atoms with Crippen LogP contribution in [0.2, 0.25) is 5.02 Å². The van der Waals surface area contributed by atoms with Gasteiger partial charge >= 0.3 is 6.03 Å². The number of nitrogens with one attached hydrogen (secondary N) is 1. The summed E-state index contributed by atoms with van der Waals surface area (Å²) < 4.78 is 0. The molecular weight excluding hydrogens is 350 g/mol. The van der Waals surface area contributed by atoms with Crippen LogP contribution in [0.1, 0.15) is 19.4 Å². The normalized spacial score (nSPS) is 15.5. The lowest BCUT2D eigenvalue weighted by molar-refractivity contribution is -0.113. The van der Waals surface area contributed by atoms with Crippen molar-refractivity contribution >= 4 is 41.0 Å². The van der Waals surface area contributed by atoms with E-state index in [1.165, 1.54) is 0 Å². The Bertz CT molecular complexity index is 858. The molecule has 0 spiro atoms. The van der Waals surface area contributed by atoms with E-state index in [1.54, 1.807) is 30.3 Å². The van der Waals surface area contributed by atoms with Gasteiger partial charge in [-0.1, -0.05) is 29.8 Å². The van der Waals surface area contributed by atoms with E-state index in [9.17, 15) is 9.59 Å². The fourth-order valence-electron chi connectivity index (χ4n) is 2.92. The number of carbonyl (C=O) groups excluding carboxylic acids is 2. The highest BCUT2D eigenvalue weighted by Gasteiger charge is 2.34. The maximum atomic E-state index is 12.6. The Kier molecular flexibility index (Phi) is 5.28. The standard InChI is InChI=1S/C20H20ClN3O2/c1-3-23(4-2)16-10-8-14(9-11-16)12-18-19(25)24(20(26)22-18)17-7-5-6-15(21)13-17/h5-13H,3-4H2,1-2H3,(H,22,26). The lowest BCUT2D eigenvalue weighted by Gasteiger charge is -2.20. The SMILES string of the molecule is CCN(CC)c1ccc(C=C2NC(=O)N(c3cccc(Cl)c3)C2=O)cc1. The number of rotatable bonds is 5. The van der Waals surface area contributed by atoms with E-state index >= 15 is 0 Å². The number of amides is 3. The molecule has 5 nitrogen and oxygen atoms in total. The molecular formula is C20H20ClN3O2. The van der Waals surface area contributed by atoms with E-state index in [1.807, 2.05) is 24.3 Å². The van der Waals surface area contributed by atoms with Gasteiger partial charge in [0, 0.05) is 23.8 Å². The second kappa shape index (κ2) is 7.62. The van der Waals surface area contributed by atoms with Crippen molar-refractivity contribution in [3.63, 3.8) is 0 Å². The molecule has 0 aliphatic carbocycles. The monoisotopic (exact) mass is 369 g/mol. The van der Waals surface area contributed by atoms with Crippen LogP contribution in [0.4, 0.5) is 16.2 Å². The molecule has 26 heavy (non-hydrogen) atoms. The van der Waals surface area contributed by atoms with Crippen molar-refractivity contribution in [3.05, 3.63) is 64.8 Å². The van der Waals surface area contributed by atoms with Gasteiger partial charge in [-0.15, -0.1) is 0 Å². The summed E-state index contributed by atoms with van der Waals surface area (Å²) in [5.74, 6) is -0.398. The van der Waals surface area contributed by atoms with Gasteiger partial charge in [-0.2, -0.15) is 0 Å². The van der Waals surface area contributed by atoms with Crippen LogP contribution in [0.5, 0.6) is 0 Å². The van der Waals surface area contributed by atoms with E-state index in [0.717, 1.165) is 29.2 Å². The molecule has 1 heterocycles. The number of nitrogens with zero attached hydrogens (tertiary/aromatic N) is 2. The summed E-state index contributed by atoms with van der Waals surface area (Å²) >= 11 is 5.96. The first-order valence-electron chi connectivity index (χ1n) is 8.51. The molecule has 134 valence electrons. The number of anilines is 2. The Hall–Kier alpha value is -2.79. The van der Waals surface area contributed by atoms with Crippen molar-refractivity contribution < 1.29 is 9.59 Å². The number of urea groups is 1. The first kappa shape index (κ1) is 18.0. The van der Waals surface area contributed by atoms with Crippen molar-refractivity contribution in [2.75, 3.05) is 22.9 Å². The van der Waals surface area contributed by atoms with E-state index in [0.29, 0.717) is 10.7 Å². The molecule has 2 aromatic carbocycles. The predicted octanol–water partition coefficient (Wildman–Crippen LogP) is 4.28. The van der Waals surface area contributed by atoms with Crippen LogP contribution in [0.15, 0.2) is 54.2 Å². The predicted molar refractivity (Wildman–Crippen MR) is 105 cm³/mol. The van der Waals surface area contributed by atoms with E-state index in [-0.39, 0.29) is 5.70 Å². The highest BCUT2D eigenvalue weighted by atomic mass is 35.5. The molecule has 1 N–H and O–H groups in total. The largest absolute Gasteiger partial charge is 0.372 e. The molecule has 1 aliphatic rings. The van der Waals surface area contributed by atoms with Gasteiger partial charge in [0.25, 0.3) is 5.91 Å². The Morgan fingerprint density at radius 3 is 2.38 bits per heavy atom. The van der Waals surface area contributed by atoms with Gasteiger partial charge in [-0.25, -0.2) is 9.69 Å². The second-order valence-corrected chi connectivity index (χ2v) is 6.31. The van der Waals surface area contributed by atoms with Gasteiger partial charge in [0.15, 0.2) is 0 Å². The van der Waals surface area contributed by atoms with Crippen LogP contribution in [-0.2, 0) is 4.79 Å².